The maximum Gasteiger partial charge on any atom is 0.446 e. The van der Waals surface area contributed by atoms with Gasteiger partial charge in [-0.15, -0.1) is 0 Å². The Kier molecular flexibility index (Phi) is 9.91. The van der Waals surface area contributed by atoms with Crippen LogP contribution in [0.2, 0.25) is 0 Å². The Labute approximate surface area is 244 Å². The third-order valence-electron chi connectivity index (χ3n) is 6.52. The Morgan fingerprint density at radius 3 is 2.40 bits per heavy atom. The number of piperazine rings is 1. The normalized spacial score (nSPS) is 14.0. The Balaban J connectivity index is 0.000000641. The minimum Gasteiger partial charge on any atom is -0.490 e. The molecule has 14 heteroatoms. The van der Waals surface area contributed by atoms with Crippen molar-refractivity contribution in [3.05, 3.63) is 78.2 Å². The SMILES string of the molecule is N#Cc1cnn2cc(OCCO)cc(-c3ccc(N4CCN(C(=O)[C@@H](O)c5ccccc5)CC4)nc3)c12.O=CC(F)(F)F. The van der Waals surface area contributed by atoms with Crippen LogP contribution < -0.4 is 9.64 Å². The van der Waals surface area contributed by atoms with Crippen molar-refractivity contribution < 1.29 is 37.7 Å². The summed E-state index contributed by atoms with van der Waals surface area (Å²) in [5.74, 6) is 0.999. The van der Waals surface area contributed by atoms with Crippen LogP contribution in [0.1, 0.15) is 17.2 Å². The summed E-state index contributed by atoms with van der Waals surface area (Å²) in [5.41, 5.74) is 3.21. The standard InChI is InChI=1S/C27H26N6O4.C2HF3O/c28-15-21-17-30-33-18-22(37-13-12-34)14-23(25(21)33)20-6-7-24(29-16-20)31-8-10-32(11-9-31)27(36)26(35)19-4-2-1-3-5-19;3-2(4,5)1-6/h1-7,14,16-18,26,34-35H,8-13H2;1H/t26-;/m0./s1. The lowest BCUT2D eigenvalue weighted by Gasteiger charge is -2.36. The maximum absolute atomic E-state index is 12.8. The number of amides is 1. The number of alkyl halides is 3. The molecule has 0 saturated carbocycles. The molecule has 1 aliphatic rings. The highest BCUT2D eigenvalue weighted by Crippen LogP contribution is 2.31. The van der Waals surface area contributed by atoms with Crippen molar-refractivity contribution >= 4 is 23.5 Å². The van der Waals surface area contributed by atoms with Crippen molar-refractivity contribution in [3.8, 4) is 22.9 Å². The number of hydrogen-bond acceptors (Lipinski definition) is 9. The molecule has 1 aliphatic heterocycles. The van der Waals surface area contributed by atoms with E-state index >= 15 is 0 Å². The van der Waals surface area contributed by atoms with Crippen LogP contribution in [0.15, 0.2) is 67.1 Å². The number of ether oxygens (including phenoxy) is 1. The van der Waals surface area contributed by atoms with Gasteiger partial charge in [0.05, 0.1) is 30.1 Å². The van der Waals surface area contributed by atoms with Crippen molar-refractivity contribution in [2.45, 2.75) is 12.3 Å². The molecule has 1 fully saturated rings. The first-order valence-corrected chi connectivity index (χ1v) is 13.1. The van der Waals surface area contributed by atoms with Gasteiger partial charge in [-0.3, -0.25) is 9.59 Å². The fourth-order valence-corrected chi connectivity index (χ4v) is 4.48. The number of carbonyl (C=O) groups excluding carboxylic acids is 2. The van der Waals surface area contributed by atoms with Gasteiger partial charge in [-0.1, -0.05) is 30.3 Å². The minimum atomic E-state index is -4.64. The molecule has 1 aromatic carbocycles. The zero-order valence-corrected chi connectivity index (χ0v) is 22.7. The number of nitrogens with zero attached hydrogens (tertiary/aromatic N) is 6. The summed E-state index contributed by atoms with van der Waals surface area (Å²) in [6.07, 6.45) is -1.95. The average Bonchev–Trinajstić information content (AvgIpc) is 3.46. The molecule has 0 unspecified atom stereocenters. The van der Waals surface area contributed by atoms with E-state index in [0.717, 1.165) is 16.9 Å². The number of aldehydes is 1. The highest BCUT2D eigenvalue weighted by atomic mass is 19.4. The Hall–Kier alpha value is -5.00. The lowest BCUT2D eigenvalue weighted by molar-refractivity contribution is -0.156. The monoisotopic (exact) mass is 596 g/mol. The number of anilines is 1. The predicted molar refractivity (Wildman–Crippen MR) is 148 cm³/mol. The zero-order valence-electron chi connectivity index (χ0n) is 22.7. The van der Waals surface area contributed by atoms with Crippen LogP contribution in [0.4, 0.5) is 19.0 Å². The molecular formula is C29H27F3N6O5. The lowest BCUT2D eigenvalue weighted by atomic mass is 10.1. The van der Waals surface area contributed by atoms with E-state index in [-0.39, 0.29) is 19.1 Å². The fourth-order valence-electron chi connectivity index (χ4n) is 4.48. The summed E-state index contributed by atoms with van der Waals surface area (Å²) in [5, 5.41) is 33.4. The molecule has 2 N–H and O–H groups in total. The second-order valence-electron chi connectivity index (χ2n) is 9.31. The molecule has 3 aromatic heterocycles. The predicted octanol–water partition coefficient (Wildman–Crippen LogP) is 2.77. The first-order valence-electron chi connectivity index (χ1n) is 13.1. The van der Waals surface area contributed by atoms with E-state index < -0.39 is 18.6 Å². The number of pyridine rings is 2. The van der Waals surface area contributed by atoms with Crippen LogP contribution in [0.5, 0.6) is 5.75 Å². The number of carbonyl (C=O) groups is 2. The van der Waals surface area contributed by atoms with E-state index in [1.54, 1.807) is 46.1 Å². The minimum absolute atomic E-state index is 0.115. The van der Waals surface area contributed by atoms with E-state index in [2.05, 4.69) is 21.1 Å². The summed E-state index contributed by atoms with van der Waals surface area (Å²) in [6.45, 7) is 2.18. The highest BCUT2D eigenvalue weighted by Gasteiger charge is 2.28. The molecule has 4 aromatic rings. The molecule has 1 atom stereocenters. The molecule has 1 amide bonds. The summed E-state index contributed by atoms with van der Waals surface area (Å²) in [7, 11) is 0. The number of nitriles is 1. The van der Waals surface area contributed by atoms with E-state index in [0.29, 0.717) is 48.6 Å². The molecule has 5 rings (SSSR count). The third-order valence-corrected chi connectivity index (χ3v) is 6.52. The smallest absolute Gasteiger partial charge is 0.446 e. The average molecular weight is 597 g/mol. The number of benzene rings is 1. The lowest BCUT2D eigenvalue weighted by Crippen LogP contribution is -2.50. The molecular weight excluding hydrogens is 569 g/mol. The quantitative estimate of drug-likeness (QED) is 0.308. The highest BCUT2D eigenvalue weighted by molar-refractivity contribution is 5.85. The van der Waals surface area contributed by atoms with Gasteiger partial charge in [0.1, 0.15) is 24.2 Å². The van der Waals surface area contributed by atoms with Crippen molar-refractivity contribution in [1.29, 1.82) is 5.26 Å². The van der Waals surface area contributed by atoms with Crippen LogP contribution in [0.25, 0.3) is 16.6 Å². The number of fused-ring (bicyclic) bond motifs is 1. The van der Waals surface area contributed by atoms with E-state index in [9.17, 15) is 28.3 Å². The maximum atomic E-state index is 12.8. The van der Waals surface area contributed by atoms with Crippen LogP contribution in [0.3, 0.4) is 0 Å². The topological polar surface area (TPSA) is 144 Å². The Morgan fingerprint density at radius 1 is 1.12 bits per heavy atom. The van der Waals surface area contributed by atoms with E-state index in [1.807, 2.05) is 24.3 Å². The first-order chi connectivity index (χ1) is 20.6. The zero-order chi connectivity index (χ0) is 31.0. The molecule has 0 bridgehead atoms. The van der Waals surface area contributed by atoms with Crippen LogP contribution in [0, 0.1) is 11.3 Å². The summed E-state index contributed by atoms with van der Waals surface area (Å²) < 4.78 is 38.4. The van der Waals surface area contributed by atoms with Gasteiger partial charge < -0.3 is 24.7 Å². The van der Waals surface area contributed by atoms with Gasteiger partial charge in [-0.2, -0.15) is 23.5 Å². The van der Waals surface area contributed by atoms with Crippen molar-refractivity contribution in [2.75, 3.05) is 44.3 Å². The van der Waals surface area contributed by atoms with Gasteiger partial charge >= 0.3 is 6.18 Å². The number of rotatable bonds is 7. The molecule has 1 saturated heterocycles. The molecule has 0 spiro atoms. The van der Waals surface area contributed by atoms with Crippen molar-refractivity contribution in [3.63, 3.8) is 0 Å². The Bertz CT molecular complexity index is 1580. The molecule has 43 heavy (non-hydrogen) atoms. The van der Waals surface area contributed by atoms with Crippen LogP contribution >= 0.6 is 0 Å². The number of hydrogen-bond donors (Lipinski definition) is 2. The molecule has 224 valence electrons. The molecule has 11 nitrogen and oxygen atoms in total. The number of aromatic nitrogens is 3. The van der Waals surface area contributed by atoms with Crippen molar-refractivity contribution in [1.82, 2.24) is 19.5 Å². The van der Waals surface area contributed by atoms with Crippen LogP contribution in [-0.4, -0.2) is 87.5 Å². The number of aliphatic hydroxyl groups excluding tert-OH is 2. The molecule has 4 heterocycles. The van der Waals surface area contributed by atoms with E-state index in [1.165, 1.54) is 6.20 Å². The largest absolute Gasteiger partial charge is 0.490 e. The van der Waals surface area contributed by atoms with Gasteiger partial charge in [-0.05, 0) is 23.8 Å². The van der Waals surface area contributed by atoms with Gasteiger partial charge in [0.15, 0.2) is 6.10 Å². The number of aliphatic hydroxyl groups is 2. The van der Waals surface area contributed by atoms with Crippen molar-refractivity contribution in [2.24, 2.45) is 0 Å². The third kappa shape index (κ3) is 7.64. The summed E-state index contributed by atoms with van der Waals surface area (Å²) >= 11 is 0. The Morgan fingerprint density at radius 2 is 1.81 bits per heavy atom. The van der Waals surface area contributed by atoms with Gasteiger partial charge in [0, 0.05) is 43.5 Å². The van der Waals surface area contributed by atoms with Crippen LogP contribution in [-0.2, 0) is 9.59 Å². The van der Waals surface area contributed by atoms with Gasteiger partial charge in [-0.25, -0.2) is 9.50 Å². The molecule has 0 aliphatic carbocycles. The number of halogens is 3. The summed E-state index contributed by atoms with van der Waals surface area (Å²) in [4.78, 5) is 29.9. The molecule has 0 radical (unpaired) electrons. The first kappa shape index (κ1) is 30.9. The second kappa shape index (κ2) is 13.8. The second-order valence-corrected chi connectivity index (χ2v) is 9.31. The van der Waals surface area contributed by atoms with Gasteiger partial charge in [0.25, 0.3) is 5.91 Å². The summed E-state index contributed by atoms with van der Waals surface area (Å²) in [6, 6.07) is 16.8. The van der Waals surface area contributed by atoms with Gasteiger partial charge in [0.2, 0.25) is 6.29 Å². The fraction of sp³-hybridized carbons (Fsp3) is 0.276. The van der Waals surface area contributed by atoms with E-state index in [4.69, 9.17) is 14.6 Å².